The molecule has 0 aliphatic heterocycles. The summed E-state index contributed by atoms with van der Waals surface area (Å²) >= 11 is 0.165. The number of hydrogen-bond acceptors (Lipinski definition) is 7. The fourth-order valence-electron chi connectivity index (χ4n) is 3.44. The number of hydrogen-bond donors (Lipinski definition) is 3. The van der Waals surface area contributed by atoms with Crippen molar-refractivity contribution in [3.63, 3.8) is 0 Å². The van der Waals surface area contributed by atoms with Crippen LogP contribution in [0.5, 0.6) is 0 Å². The van der Waals surface area contributed by atoms with Gasteiger partial charge in [0.25, 0.3) is 0 Å². The number of aliphatic imine (C=N–C) groups is 2. The number of rotatable bonds is 15. The maximum Gasteiger partial charge on any atom is 0.0896 e. The molecule has 2 rings (SSSR count). The lowest BCUT2D eigenvalue weighted by molar-refractivity contribution is 0.645. The van der Waals surface area contributed by atoms with Gasteiger partial charge in [-0.05, 0) is 89.3 Å². The second-order valence-corrected chi connectivity index (χ2v) is 10.4. The van der Waals surface area contributed by atoms with Crippen LogP contribution in [0.25, 0.3) is 0 Å². The third-order valence-electron chi connectivity index (χ3n) is 5.66. The number of halogens is 1. The molecule has 0 radical (unpaired) electrons. The highest BCUT2D eigenvalue weighted by Gasteiger charge is 2.08. The molecular weight excluding hydrogens is 574 g/mol. The predicted octanol–water partition coefficient (Wildman–Crippen LogP) is 8.05. The largest absolute Gasteiger partial charge is 0.389 e. The number of aryl methyl sites for hydroxylation is 1. The quantitative estimate of drug-likeness (QED) is 0.0619. The number of nitrogens with zero attached hydrogens (tertiary/aromatic N) is 3. The highest BCUT2D eigenvalue weighted by molar-refractivity contribution is 7.99. The Labute approximate surface area is 265 Å². The van der Waals surface area contributed by atoms with E-state index in [0.29, 0.717) is 10.6 Å². The molecule has 0 heterocycles. The van der Waals surface area contributed by atoms with E-state index in [-0.39, 0.29) is 12.1 Å². The molecular formula is C34H46FN6PS. The van der Waals surface area contributed by atoms with Crippen molar-refractivity contribution < 1.29 is 3.89 Å². The molecule has 0 amide bonds. The van der Waals surface area contributed by atoms with E-state index in [0.717, 1.165) is 65.2 Å². The maximum absolute atomic E-state index is 13.2. The molecule has 2 aromatic rings. The van der Waals surface area contributed by atoms with E-state index in [1.165, 1.54) is 6.21 Å². The van der Waals surface area contributed by atoms with Crippen LogP contribution in [-0.2, 0) is 0 Å². The van der Waals surface area contributed by atoms with Crippen LogP contribution in [0, 0.1) is 19.8 Å². The molecule has 0 unspecified atom stereocenters. The zero-order valence-electron chi connectivity index (χ0n) is 26.2. The summed E-state index contributed by atoms with van der Waals surface area (Å²) < 4.78 is 13.2. The Balaban J connectivity index is 0.000000922. The Morgan fingerprint density at radius 2 is 1.65 bits per heavy atom. The summed E-state index contributed by atoms with van der Waals surface area (Å²) in [4.78, 5) is 9.03. The van der Waals surface area contributed by atoms with Gasteiger partial charge >= 0.3 is 0 Å². The Kier molecular flexibility index (Phi) is 22.6. The lowest BCUT2D eigenvalue weighted by Gasteiger charge is -2.11. The second kappa shape index (κ2) is 24.8. The molecule has 0 fully saturated rings. The van der Waals surface area contributed by atoms with E-state index in [9.17, 15) is 3.89 Å². The van der Waals surface area contributed by atoms with Crippen LogP contribution >= 0.6 is 21.0 Å². The van der Waals surface area contributed by atoms with Gasteiger partial charge in [0.2, 0.25) is 0 Å². The van der Waals surface area contributed by atoms with Crippen LogP contribution in [0.1, 0.15) is 44.7 Å². The van der Waals surface area contributed by atoms with E-state index in [1.54, 1.807) is 20.0 Å². The van der Waals surface area contributed by atoms with E-state index in [2.05, 4.69) is 67.4 Å². The van der Waals surface area contributed by atoms with Crippen molar-refractivity contribution in [2.24, 2.45) is 15.1 Å². The van der Waals surface area contributed by atoms with E-state index < -0.39 is 0 Å². The van der Waals surface area contributed by atoms with Gasteiger partial charge in [0.1, 0.15) is 0 Å². The monoisotopic (exact) mass is 620 g/mol. The molecule has 9 heteroatoms. The smallest absolute Gasteiger partial charge is 0.0896 e. The minimum Gasteiger partial charge on any atom is -0.389 e. The summed E-state index contributed by atoms with van der Waals surface area (Å²) in [5, 5.41) is 11.7. The summed E-state index contributed by atoms with van der Waals surface area (Å²) in [5.74, 6) is 0. The fraction of sp³-hybridized carbons (Fsp3) is 0.294. The van der Waals surface area contributed by atoms with E-state index in [1.807, 2.05) is 75.5 Å². The van der Waals surface area contributed by atoms with Gasteiger partial charge in [-0.3, -0.25) is 15.4 Å². The van der Waals surface area contributed by atoms with Crippen molar-refractivity contribution in [1.29, 1.82) is 0 Å². The average Bonchev–Trinajstić information content (AvgIpc) is 3.01. The van der Waals surface area contributed by atoms with Gasteiger partial charge in [0, 0.05) is 31.1 Å². The summed E-state index contributed by atoms with van der Waals surface area (Å²) in [6.07, 6.45) is 15.4. The minimum atomic E-state index is 0.165. The predicted molar refractivity (Wildman–Crippen MR) is 195 cm³/mol. The van der Waals surface area contributed by atoms with Crippen LogP contribution in [-0.4, -0.2) is 50.1 Å². The first-order valence-corrected chi connectivity index (χ1v) is 15.0. The molecule has 0 saturated heterocycles. The van der Waals surface area contributed by atoms with Crippen molar-refractivity contribution in [2.75, 3.05) is 32.6 Å². The van der Waals surface area contributed by atoms with Crippen LogP contribution < -0.4 is 16.1 Å². The molecule has 3 N–H and O–H groups in total. The molecule has 6 nitrogen and oxygen atoms in total. The number of allylic oxidation sites excluding steroid dienone is 5. The van der Waals surface area contributed by atoms with Gasteiger partial charge in [-0.2, -0.15) is 8.99 Å². The molecule has 0 spiro atoms. The summed E-state index contributed by atoms with van der Waals surface area (Å²) in [6, 6.07) is 17.9. The van der Waals surface area contributed by atoms with E-state index in [4.69, 9.17) is 4.99 Å². The summed E-state index contributed by atoms with van der Waals surface area (Å²) in [5.41, 5.74) is 9.30. The normalized spacial score (nSPS) is 12.3. The van der Waals surface area contributed by atoms with Crippen molar-refractivity contribution in [3.05, 3.63) is 101 Å². The SMILES string of the molecule is C#C.C=C/C(=N/Nc1ccccc1)C(C)=P.CN=C/C(SF)=C(C)/N=C(\C=C(/C)NCCCCNC)c1ccccc1C. The molecule has 230 valence electrons. The molecule has 0 aliphatic carbocycles. The third-order valence-corrected chi connectivity index (χ3v) is 6.49. The lowest BCUT2D eigenvalue weighted by atomic mass is 10.0. The lowest BCUT2D eigenvalue weighted by Crippen LogP contribution is -2.16. The standard InChI is InChI=1S/C21H31FN4S.C11H13N2P.C2H2/c1-16-10-6-7-11-19(16)20(26-18(3)21(27-22)15-24-5)14-17(2)25-13-9-8-12-23-4;1-3-11(9(2)14)13-12-10-7-5-4-6-8-10;1-2/h6-7,10-11,14-15,23,25H,8-9,12-13H2,1-5H3;3-8,12,14H,1H2,2H3;1-2H/b17-14+,21-18-,24-15?,26-20+;13-11-;. The fourth-order valence-corrected chi connectivity index (χ4v) is 3.90. The van der Waals surface area contributed by atoms with Crippen LogP contribution in [0.3, 0.4) is 0 Å². The van der Waals surface area contributed by atoms with E-state index >= 15 is 0 Å². The summed E-state index contributed by atoms with van der Waals surface area (Å²) in [6.45, 7) is 13.4. The maximum atomic E-state index is 13.2. The van der Waals surface area contributed by atoms with Gasteiger partial charge < -0.3 is 10.6 Å². The number of anilines is 1. The molecule has 43 heavy (non-hydrogen) atoms. The number of hydrazone groups is 1. The minimum absolute atomic E-state index is 0.165. The molecule has 0 aliphatic rings. The zero-order chi connectivity index (χ0) is 32.5. The highest BCUT2D eigenvalue weighted by atomic mass is 32.2. The van der Waals surface area contributed by atoms with Crippen molar-refractivity contribution >= 4 is 49.6 Å². The Hall–Kier alpha value is -3.76. The highest BCUT2D eigenvalue weighted by Crippen LogP contribution is 2.21. The van der Waals surface area contributed by atoms with Crippen molar-refractivity contribution in [1.82, 2.24) is 10.6 Å². The van der Waals surface area contributed by atoms with Gasteiger partial charge in [0.15, 0.2) is 0 Å². The van der Waals surface area contributed by atoms with Gasteiger partial charge in [0.05, 0.1) is 39.9 Å². The number of para-hydroxylation sites is 1. The second-order valence-electron chi connectivity index (χ2n) is 9.09. The van der Waals surface area contributed by atoms with Crippen LogP contribution in [0.2, 0.25) is 0 Å². The van der Waals surface area contributed by atoms with Crippen LogP contribution in [0.4, 0.5) is 9.57 Å². The average molecular weight is 621 g/mol. The van der Waals surface area contributed by atoms with Crippen molar-refractivity contribution in [2.45, 2.75) is 40.5 Å². The Bertz CT molecular complexity index is 1300. The zero-order valence-corrected chi connectivity index (χ0v) is 28.1. The topological polar surface area (TPSA) is 73.2 Å². The first-order chi connectivity index (χ1) is 20.8. The molecule has 0 aromatic heterocycles. The first-order valence-electron chi connectivity index (χ1n) is 13.8. The first kappa shape index (κ1) is 39.2. The van der Waals surface area contributed by atoms with Gasteiger partial charge in [-0.15, -0.1) is 21.7 Å². The number of terminal acetylenes is 1. The number of unbranched alkanes of at least 4 members (excludes halogenated alkanes) is 1. The summed E-state index contributed by atoms with van der Waals surface area (Å²) in [7, 11) is 6.99. The molecule has 0 saturated carbocycles. The number of nitrogens with one attached hydrogen (secondary N) is 3. The molecule has 2 aromatic carbocycles. The van der Waals surface area contributed by atoms with Gasteiger partial charge in [-0.25, -0.2) is 0 Å². The third kappa shape index (κ3) is 17.1. The van der Waals surface area contributed by atoms with Crippen LogP contribution in [0.15, 0.2) is 105 Å². The molecule has 0 bridgehead atoms. The van der Waals surface area contributed by atoms with Crippen molar-refractivity contribution in [3.8, 4) is 12.8 Å². The Morgan fingerprint density at radius 1 is 1.02 bits per heavy atom. The Morgan fingerprint density at radius 3 is 2.21 bits per heavy atom. The number of benzene rings is 2. The molecule has 0 atom stereocenters. The van der Waals surface area contributed by atoms with Gasteiger partial charge in [-0.1, -0.05) is 49.0 Å².